The van der Waals surface area contributed by atoms with E-state index in [0.717, 1.165) is 12.1 Å². The number of hydrazine groups is 1. The van der Waals surface area contributed by atoms with Crippen LogP contribution in [0.1, 0.15) is 17.2 Å². The first-order valence-corrected chi connectivity index (χ1v) is 6.19. The summed E-state index contributed by atoms with van der Waals surface area (Å²) >= 11 is 3.05. The van der Waals surface area contributed by atoms with Crippen molar-refractivity contribution < 1.29 is 13.2 Å². The first-order valence-electron chi connectivity index (χ1n) is 5.39. The molecule has 100 valence electrons. The zero-order valence-electron chi connectivity index (χ0n) is 9.63. The fourth-order valence-electron chi connectivity index (χ4n) is 1.83. The summed E-state index contributed by atoms with van der Waals surface area (Å²) in [7, 11) is 0. The summed E-state index contributed by atoms with van der Waals surface area (Å²) in [5.74, 6) is 3.33. The van der Waals surface area contributed by atoms with Crippen molar-refractivity contribution in [3.8, 4) is 0 Å². The molecule has 6 heteroatoms. The van der Waals surface area contributed by atoms with E-state index in [-0.39, 0.29) is 15.6 Å². The SMILES string of the molecule is NNC(c1ccc(F)cc1F)c1cccc(Br)c1F. The lowest BCUT2D eigenvalue weighted by molar-refractivity contribution is 0.520. The lowest BCUT2D eigenvalue weighted by Gasteiger charge is -2.18. The van der Waals surface area contributed by atoms with Gasteiger partial charge in [-0.25, -0.2) is 18.6 Å². The molecular weight excluding hydrogens is 321 g/mol. The molecule has 0 aliphatic heterocycles. The Kier molecular flexibility index (Phi) is 4.24. The first kappa shape index (κ1) is 14.0. The second-order valence-corrected chi connectivity index (χ2v) is 4.76. The van der Waals surface area contributed by atoms with Gasteiger partial charge in [0.05, 0.1) is 10.5 Å². The molecule has 0 aliphatic rings. The third-order valence-corrected chi connectivity index (χ3v) is 3.35. The Bertz CT molecular complexity index is 604. The minimum atomic E-state index is -0.905. The van der Waals surface area contributed by atoms with Gasteiger partial charge in [0.2, 0.25) is 0 Å². The molecule has 0 radical (unpaired) electrons. The molecular formula is C13H10BrF3N2. The van der Waals surface area contributed by atoms with E-state index in [1.54, 1.807) is 6.07 Å². The van der Waals surface area contributed by atoms with Gasteiger partial charge in [0.15, 0.2) is 0 Å². The maximum absolute atomic E-state index is 14.0. The van der Waals surface area contributed by atoms with E-state index in [2.05, 4.69) is 21.4 Å². The van der Waals surface area contributed by atoms with Crippen LogP contribution in [-0.2, 0) is 0 Å². The van der Waals surface area contributed by atoms with Gasteiger partial charge in [-0.2, -0.15) is 0 Å². The molecule has 2 rings (SSSR count). The average Bonchev–Trinajstić information content (AvgIpc) is 2.37. The summed E-state index contributed by atoms with van der Waals surface area (Å²) in [4.78, 5) is 0. The van der Waals surface area contributed by atoms with Crippen LogP contribution >= 0.6 is 15.9 Å². The van der Waals surface area contributed by atoms with Crippen LogP contribution in [0.15, 0.2) is 40.9 Å². The second-order valence-electron chi connectivity index (χ2n) is 3.91. The second kappa shape index (κ2) is 5.73. The van der Waals surface area contributed by atoms with E-state index in [4.69, 9.17) is 5.84 Å². The molecule has 0 saturated carbocycles. The van der Waals surface area contributed by atoms with Crippen LogP contribution in [0.2, 0.25) is 0 Å². The molecule has 0 heterocycles. The lowest BCUT2D eigenvalue weighted by Crippen LogP contribution is -2.30. The topological polar surface area (TPSA) is 38.0 Å². The van der Waals surface area contributed by atoms with Crippen LogP contribution in [0, 0.1) is 17.5 Å². The molecule has 0 aromatic heterocycles. The molecule has 2 aromatic rings. The number of nitrogens with two attached hydrogens (primary N) is 1. The highest BCUT2D eigenvalue weighted by atomic mass is 79.9. The molecule has 2 nitrogen and oxygen atoms in total. The van der Waals surface area contributed by atoms with Crippen LogP contribution in [0.4, 0.5) is 13.2 Å². The van der Waals surface area contributed by atoms with Crippen LogP contribution in [0.25, 0.3) is 0 Å². The molecule has 0 fully saturated rings. The van der Waals surface area contributed by atoms with Gasteiger partial charge in [-0.15, -0.1) is 0 Å². The van der Waals surface area contributed by atoms with Gasteiger partial charge in [-0.05, 0) is 28.1 Å². The van der Waals surface area contributed by atoms with Crippen molar-refractivity contribution in [2.24, 2.45) is 5.84 Å². The van der Waals surface area contributed by atoms with Crippen LogP contribution in [0.3, 0.4) is 0 Å². The fraction of sp³-hybridized carbons (Fsp3) is 0.0769. The smallest absolute Gasteiger partial charge is 0.142 e. The Hall–Kier alpha value is -1.37. The maximum atomic E-state index is 14.0. The Labute approximate surface area is 116 Å². The normalized spacial score (nSPS) is 12.5. The van der Waals surface area contributed by atoms with Crippen molar-refractivity contribution in [2.75, 3.05) is 0 Å². The van der Waals surface area contributed by atoms with E-state index in [1.807, 2.05) is 0 Å². The van der Waals surface area contributed by atoms with Gasteiger partial charge in [-0.3, -0.25) is 5.84 Å². The third-order valence-electron chi connectivity index (χ3n) is 2.73. The summed E-state index contributed by atoms with van der Waals surface area (Å²) < 4.78 is 40.9. The Morgan fingerprint density at radius 3 is 2.42 bits per heavy atom. The Balaban J connectivity index is 2.53. The van der Waals surface area contributed by atoms with Crippen LogP contribution in [-0.4, -0.2) is 0 Å². The monoisotopic (exact) mass is 330 g/mol. The largest absolute Gasteiger partial charge is 0.271 e. The van der Waals surface area contributed by atoms with Gasteiger partial charge in [0.1, 0.15) is 17.5 Å². The molecule has 0 spiro atoms. The van der Waals surface area contributed by atoms with Crippen molar-refractivity contribution in [1.29, 1.82) is 0 Å². The summed E-state index contributed by atoms with van der Waals surface area (Å²) in [5, 5.41) is 0. The van der Waals surface area contributed by atoms with Gasteiger partial charge < -0.3 is 0 Å². The van der Waals surface area contributed by atoms with Crippen molar-refractivity contribution in [3.05, 3.63) is 69.4 Å². The van der Waals surface area contributed by atoms with E-state index in [1.165, 1.54) is 18.2 Å². The average molecular weight is 331 g/mol. The Morgan fingerprint density at radius 1 is 1.05 bits per heavy atom. The number of nitrogens with one attached hydrogen (secondary N) is 1. The summed E-state index contributed by atoms with van der Waals surface area (Å²) in [6.45, 7) is 0. The first-order chi connectivity index (χ1) is 9.04. The summed E-state index contributed by atoms with van der Waals surface area (Å²) in [5.41, 5.74) is 2.58. The van der Waals surface area contributed by atoms with Crippen molar-refractivity contribution >= 4 is 15.9 Å². The van der Waals surface area contributed by atoms with Crippen molar-refractivity contribution in [3.63, 3.8) is 0 Å². The molecule has 1 unspecified atom stereocenters. The van der Waals surface area contributed by atoms with Crippen molar-refractivity contribution in [1.82, 2.24) is 5.43 Å². The maximum Gasteiger partial charge on any atom is 0.142 e. The van der Waals surface area contributed by atoms with Crippen LogP contribution in [0.5, 0.6) is 0 Å². The number of hydrogen-bond acceptors (Lipinski definition) is 2. The lowest BCUT2D eigenvalue weighted by atomic mass is 9.98. The van der Waals surface area contributed by atoms with Gasteiger partial charge >= 0.3 is 0 Å². The molecule has 2 aromatic carbocycles. The van der Waals surface area contributed by atoms with Crippen LogP contribution < -0.4 is 11.3 Å². The molecule has 1 atom stereocenters. The molecule has 0 amide bonds. The highest BCUT2D eigenvalue weighted by Crippen LogP contribution is 2.29. The summed E-state index contributed by atoms with van der Waals surface area (Å²) in [6.07, 6.45) is 0. The molecule has 3 N–H and O–H groups in total. The van der Waals surface area contributed by atoms with E-state index in [9.17, 15) is 13.2 Å². The molecule has 0 saturated heterocycles. The summed E-state index contributed by atoms with van der Waals surface area (Å²) in [6, 6.07) is 6.76. The molecule has 0 aliphatic carbocycles. The quantitative estimate of drug-likeness (QED) is 0.668. The van der Waals surface area contributed by atoms with E-state index >= 15 is 0 Å². The minimum Gasteiger partial charge on any atom is -0.271 e. The third kappa shape index (κ3) is 2.80. The van der Waals surface area contributed by atoms with Gasteiger partial charge in [0, 0.05) is 17.2 Å². The van der Waals surface area contributed by atoms with E-state index < -0.39 is 23.5 Å². The number of halogens is 4. The minimum absolute atomic E-state index is 0.0703. The zero-order valence-corrected chi connectivity index (χ0v) is 11.2. The predicted octanol–water partition coefficient (Wildman–Crippen LogP) is 3.42. The van der Waals surface area contributed by atoms with Crippen molar-refractivity contribution in [2.45, 2.75) is 6.04 Å². The standard InChI is InChI=1S/C13H10BrF3N2/c14-10-3-1-2-9(12(10)17)13(19-18)8-5-4-7(15)6-11(8)16/h1-6,13,19H,18H2. The zero-order chi connectivity index (χ0) is 14.0. The predicted molar refractivity (Wildman–Crippen MR) is 69.6 cm³/mol. The number of benzene rings is 2. The van der Waals surface area contributed by atoms with Gasteiger partial charge in [-0.1, -0.05) is 18.2 Å². The molecule has 0 bridgehead atoms. The highest BCUT2D eigenvalue weighted by molar-refractivity contribution is 9.10. The Morgan fingerprint density at radius 2 is 1.79 bits per heavy atom. The molecule has 19 heavy (non-hydrogen) atoms. The number of hydrogen-bond donors (Lipinski definition) is 2. The fourth-order valence-corrected chi connectivity index (χ4v) is 2.21. The van der Waals surface area contributed by atoms with E-state index in [0.29, 0.717) is 0 Å². The van der Waals surface area contributed by atoms with Gasteiger partial charge in [0.25, 0.3) is 0 Å². The highest BCUT2D eigenvalue weighted by Gasteiger charge is 2.21. The number of rotatable bonds is 3.